The predicted octanol–water partition coefficient (Wildman–Crippen LogP) is 4.13. The molecule has 1 N–H and O–H groups in total. The van der Waals surface area contributed by atoms with Crippen LogP contribution in [-0.4, -0.2) is 11.7 Å². The van der Waals surface area contributed by atoms with Gasteiger partial charge in [-0.1, -0.05) is 63.2 Å². The Balaban J connectivity index is 1.73. The van der Waals surface area contributed by atoms with E-state index < -0.39 is 11.7 Å². The topological polar surface area (TPSA) is 46.2 Å². The van der Waals surface area contributed by atoms with Crippen LogP contribution in [0.25, 0.3) is 5.57 Å². The van der Waals surface area contributed by atoms with Crippen LogP contribution in [0.1, 0.15) is 37.5 Å². The van der Waals surface area contributed by atoms with Gasteiger partial charge in [0.2, 0.25) is 0 Å². The molecular weight excluding hydrogens is 298 g/mol. The number of fused-ring (bicyclic) bond motifs is 1. The molecule has 0 fully saturated rings. The molecule has 122 valence electrons. The summed E-state index contributed by atoms with van der Waals surface area (Å²) in [5.74, 6) is -1.08. The van der Waals surface area contributed by atoms with E-state index in [4.69, 9.17) is 0 Å². The number of carbonyl (C=O) groups excluding carboxylic acids is 2. The summed E-state index contributed by atoms with van der Waals surface area (Å²) < 4.78 is 0. The summed E-state index contributed by atoms with van der Waals surface area (Å²) in [7, 11) is 0. The van der Waals surface area contributed by atoms with Crippen molar-refractivity contribution in [2.45, 2.75) is 32.6 Å². The molecule has 3 nitrogen and oxygen atoms in total. The van der Waals surface area contributed by atoms with Crippen molar-refractivity contribution in [1.82, 2.24) is 0 Å². The van der Waals surface area contributed by atoms with E-state index in [1.807, 2.05) is 54.6 Å². The molecule has 0 unspecified atom stereocenters. The van der Waals surface area contributed by atoms with Gasteiger partial charge in [-0.15, -0.1) is 0 Å². The summed E-state index contributed by atoms with van der Waals surface area (Å²) in [5.41, 5.74) is 4.31. The third-order valence-electron chi connectivity index (χ3n) is 4.29. The molecular formula is C21H21NO2. The molecule has 3 heteroatoms. The van der Waals surface area contributed by atoms with Crippen LogP contribution in [0, 0.1) is 0 Å². The number of benzene rings is 2. The quantitative estimate of drug-likeness (QED) is 0.865. The second-order valence-corrected chi connectivity index (χ2v) is 7.09. The van der Waals surface area contributed by atoms with E-state index in [2.05, 4.69) is 26.1 Å². The van der Waals surface area contributed by atoms with Crippen molar-refractivity contribution in [1.29, 1.82) is 0 Å². The lowest BCUT2D eigenvalue weighted by atomic mass is 9.87. The second kappa shape index (κ2) is 6.08. The van der Waals surface area contributed by atoms with Crippen LogP contribution < -0.4 is 5.32 Å². The number of nitrogens with one attached hydrogen (secondary N) is 1. The number of rotatable bonds is 3. The molecule has 0 heterocycles. The van der Waals surface area contributed by atoms with Crippen molar-refractivity contribution >= 4 is 23.0 Å². The van der Waals surface area contributed by atoms with Gasteiger partial charge in [0.25, 0.3) is 11.7 Å². The van der Waals surface area contributed by atoms with Gasteiger partial charge in [0.1, 0.15) is 0 Å². The number of amides is 1. The first-order chi connectivity index (χ1) is 11.4. The molecule has 1 amide bonds. The molecule has 0 saturated heterocycles. The van der Waals surface area contributed by atoms with Crippen LogP contribution in [-0.2, 0) is 21.4 Å². The molecule has 0 bridgehead atoms. The Morgan fingerprint density at radius 1 is 0.958 bits per heavy atom. The third-order valence-corrected chi connectivity index (χ3v) is 4.29. The number of allylic oxidation sites excluding steroid dienone is 1. The average molecular weight is 319 g/mol. The third kappa shape index (κ3) is 3.16. The zero-order valence-electron chi connectivity index (χ0n) is 14.2. The minimum Gasteiger partial charge on any atom is -0.319 e. The molecule has 2 aromatic rings. The Bertz CT molecular complexity index is 824. The maximum absolute atomic E-state index is 12.5. The van der Waals surface area contributed by atoms with Gasteiger partial charge in [0, 0.05) is 11.3 Å². The summed E-state index contributed by atoms with van der Waals surface area (Å²) in [6.07, 6.45) is 2.53. The monoisotopic (exact) mass is 319 g/mol. The lowest BCUT2D eigenvalue weighted by molar-refractivity contribution is -0.131. The largest absolute Gasteiger partial charge is 0.319 e. The van der Waals surface area contributed by atoms with Gasteiger partial charge in [-0.2, -0.15) is 0 Å². The fourth-order valence-electron chi connectivity index (χ4n) is 2.86. The van der Waals surface area contributed by atoms with Gasteiger partial charge in [-0.25, -0.2) is 0 Å². The molecule has 2 aromatic carbocycles. The van der Waals surface area contributed by atoms with Crippen LogP contribution in [0.15, 0.2) is 54.6 Å². The van der Waals surface area contributed by atoms with Crippen LogP contribution in [0.2, 0.25) is 0 Å². The number of hydrogen-bond acceptors (Lipinski definition) is 2. The van der Waals surface area contributed by atoms with Gasteiger partial charge in [0.15, 0.2) is 0 Å². The standard InChI is InChI=1S/C21H21NO2/c1-21(2,3)15-9-11-16(12-10-15)22-20(24)19(23)18-13-8-14-6-4-5-7-17(14)18/h4-7,9-13H,8H2,1-3H3,(H,22,24). The van der Waals surface area contributed by atoms with Gasteiger partial charge in [0.05, 0.1) is 0 Å². The highest BCUT2D eigenvalue weighted by molar-refractivity contribution is 6.56. The molecule has 0 aliphatic heterocycles. The van der Waals surface area contributed by atoms with Crippen molar-refractivity contribution < 1.29 is 9.59 Å². The molecule has 24 heavy (non-hydrogen) atoms. The zero-order valence-corrected chi connectivity index (χ0v) is 14.2. The molecule has 1 aliphatic carbocycles. The minimum atomic E-state index is -0.596. The van der Waals surface area contributed by atoms with E-state index in [0.717, 1.165) is 11.1 Å². The normalized spacial score (nSPS) is 13.2. The molecule has 0 saturated carbocycles. The minimum absolute atomic E-state index is 0.0523. The first-order valence-corrected chi connectivity index (χ1v) is 8.11. The van der Waals surface area contributed by atoms with Crippen LogP contribution >= 0.6 is 0 Å². The SMILES string of the molecule is CC(C)(C)c1ccc(NC(=O)C(=O)C2=CCc3ccccc32)cc1. The number of Topliss-reactive ketones (excluding diaryl/α,β-unsaturated/α-hetero) is 1. The Morgan fingerprint density at radius 3 is 2.29 bits per heavy atom. The van der Waals surface area contributed by atoms with E-state index >= 15 is 0 Å². The Hall–Kier alpha value is -2.68. The van der Waals surface area contributed by atoms with Crippen LogP contribution in [0.3, 0.4) is 0 Å². The zero-order chi connectivity index (χ0) is 17.3. The van der Waals surface area contributed by atoms with Gasteiger partial charge in [-0.3, -0.25) is 9.59 Å². The second-order valence-electron chi connectivity index (χ2n) is 7.09. The summed E-state index contributed by atoms with van der Waals surface area (Å²) in [6.45, 7) is 6.40. The number of ketones is 1. The fourth-order valence-corrected chi connectivity index (χ4v) is 2.86. The van der Waals surface area contributed by atoms with Crippen molar-refractivity contribution in [3.05, 3.63) is 71.3 Å². The first kappa shape index (κ1) is 16.2. The van der Waals surface area contributed by atoms with Crippen molar-refractivity contribution in [3.8, 4) is 0 Å². The van der Waals surface area contributed by atoms with E-state index in [-0.39, 0.29) is 5.41 Å². The molecule has 0 aromatic heterocycles. The first-order valence-electron chi connectivity index (χ1n) is 8.11. The maximum atomic E-state index is 12.5. The molecule has 0 atom stereocenters. The number of anilines is 1. The van der Waals surface area contributed by atoms with Gasteiger partial charge >= 0.3 is 0 Å². The Labute approximate surface area is 142 Å². The summed E-state index contributed by atoms with van der Waals surface area (Å²) in [5, 5.41) is 2.70. The van der Waals surface area contributed by atoms with E-state index in [9.17, 15) is 9.59 Å². The van der Waals surface area contributed by atoms with Crippen molar-refractivity contribution in [2.75, 3.05) is 5.32 Å². The summed E-state index contributed by atoms with van der Waals surface area (Å²) in [4.78, 5) is 24.7. The van der Waals surface area contributed by atoms with Crippen LogP contribution in [0.4, 0.5) is 5.69 Å². The Kier molecular flexibility index (Phi) is 4.10. The van der Waals surface area contributed by atoms with Crippen molar-refractivity contribution in [3.63, 3.8) is 0 Å². The summed E-state index contributed by atoms with van der Waals surface area (Å²) in [6, 6.07) is 15.3. The Morgan fingerprint density at radius 2 is 1.62 bits per heavy atom. The van der Waals surface area contributed by atoms with Crippen LogP contribution in [0.5, 0.6) is 0 Å². The highest BCUT2D eigenvalue weighted by atomic mass is 16.2. The van der Waals surface area contributed by atoms with Gasteiger partial charge < -0.3 is 5.32 Å². The molecule has 0 radical (unpaired) electrons. The average Bonchev–Trinajstić information content (AvgIpc) is 2.97. The van der Waals surface area contributed by atoms with E-state index in [0.29, 0.717) is 17.7 Å². The number of hydrogen-bond donors (Lipinski definition) is 1. The van der Waals surface area contributed by atoms with Gasteiger partial charge in [-0.05, 0) is 40.7 Å². The predicted molar refractivity (Wildman–Crippen MR) is 96.9 cm³/mol. The van der Waals surface area contributed by atoms with Crippen molar-refractivity contribution in [2.24, 2.45) is 0 Å². The highest BCUT2D eigenvalue weighted by Crippen LogP contribution is 2.28. The highest BCUT2D eigenvalue weighted by Gasteiger charge is 2.25. The molecule has 0 spiro atoms. The van der Waals surface area contributed by atoms with E-state index in [1.165, 1.54) is 5.56 Å². The number of carbonyl (C=O) groups is 2. The lowest BCUT2D eigenvalue weighted by Crippen LogP contribution is -2.23. The fraction of sp³-hybridized carbons (Fsp3) is 0.238. The lowest BCUT2D eigenvalue weighted by Gasteiger charge is -2.19. The molecule has 3 rings (SSSR count). The smallest absolute Gasteiger partial charge is 0.296 e. The molecule has 1 aliphatic rings. The van der Waals surface area contributed by atoms with E-state index in [1.54, 1.807) is 0 Å². The summed E-state index contributed by atoms with van der Waals surface area (Å²) >= 11 is 0. The maximum Gasteiger partial charge on any atom is 0.296 e.